The van der Waals surface area contributed by atoms with Crippen LogP contribution >= 0.6 is 11.6 Å². The number of hydrogen-bond donors (Lipinski definition) is 2. The van der Waals surface area contributed by atoms with Crippen LogP contribution in [0.1, 0.15) is 44.1 Å². The molecule has 146 valence electrons. The molecule has 27 heavy (non-hydrogen) atoms. The van der Waals surface area contributed by atoms with Gasteiger partial charge < -0.3 is 10.4 Å². The van der Waals surface area contributed by atoms with Gasteiger partial charge in [0.2, 0.25) is 5.95 Å². The largest absolute Gasteiger partial charge is 0.395 e. The summed E-state index contributed by atoms with van der Waals surface area (Å²) in [6.07, 6.45) is 6.66. The Kier molecular flexibility index (Phi) is 6.68. The molecule has 0 spiro atoms. The monoisotopic (exact) mass is 392 g/mol. The second-order valence-electron chi connectivity index (χ2n) is 6.92. The van der Waals surface area contributed by atoms with Gasteiger partial charge in [0.25, 0.3) is 0 Å². The van der Waals surface area contributed by atoms with E-state index < -0.39 is 11.4 Å². The van der Waals surface area contributed by atoms with Gasteiger partial charge in [-0.2, -0.15) is 4.98 Å². The molecule has 3 rings (SSSR count). The summed E-state index contributed by atoms with van der Waals surface area (Å²) in [7, 11) is 0. The lowest BCUT2D eigenvalue weighted by atomic mass is 10.1. The van der Waals surface area contributed by atoms with Gasteiger partial charge in [-0.1, -0.05) is 49.4 Å². The van der Waals surface area contributed by atoms with E-state index in [0.29, 0.717) is 11.0 Å². The van der Waals surface area contributed by atoms with Crippen molar-refractivity contribution in [2.45, 2.75) is 57.7 Å². The number of benzene rings is 1. The summed E-state index contributed by atoms with van der Waals surface area (Å²) in [6.45, 7) is -0.105. The maximum atomic E-state index is 12.9. The summed E-state index contributed by atoms with van der Waals surface area (Å²) < 4.78 is 2.43. The zero-order valence-corrected chi connectivity index (χ0v) is 16.0. The molecule has 0 amide bonds. The molecule has 2 N–H and O–H groups in total. The molecule has 1 saturated carbocycles. The van der Waals surface area contributed by atoms with Crippen LogP contribution in [0.3, 0.4) is 0 Å². The van der Waals surface area contributed by atoms with Crippen molar-refractivity contribution in [3.8, 4) is 0 Å². The summed E-state index contributed by atoms with van der Waals surface area (Å²) in [5.41, 5.74) is -0.242. The second kappa shape index (κ2) is 9.19. The lowest BCUT2D eigenvalue weighted by Crippen LogP contribution is -2.44. The molecule has 0 unspecified atom stereocenters. The van der Waals surface area contributed by atoms with Crippen molar-refractivity contribution >= 4 is 17.5 Å². The van der Waals surface area contributed by atoms with Crippen LogP contribution in [0.4, 0.5) is 5.95 Å². The molecular formula is C19H25ClN4O3. The summed E-state index contributed by atoms with van der Waals surface area (Å²) in [5, 5.41) is 13.1. The first kappa shape index (κ1) is 19.6. The lowest BCUT2D eigenvalue weighted by molar-refractivity contribution is 0.268. The van der Waals surface area contributed by atoms with Crippen molar-refractivity contribution in [3.63, 3.8) is 0 Å². The van der Waals surface area contributed by atoms with Gasteiger partial charge in [-0.05, 0) is 30.5 Å². The first-order valence-corrected chi connectivity index (χ1v) is 9.80. The zero-order chi connectivity index (χ0) is 19.2. The molecule has 1 aliphatic carbocycles. The fourth-order valence-corrected chi connectivity index (χ4v) is 3.58. The molecule has 1 aromatic carbocycles. The van der Waals surface area contributed by atoms with Crippen LogP contribution in [0, 0.1) is 0 Å². The molecule has 1 heterocycles. The average Bonchev–Trinajstić information content (AvgIpc) is 2.92. The molecular weight excluding hydrogens is 368 g/mol. The summed E-state index contributed by atoms with van der Waals surface area (Å²) in [4.78, 5) is 29.3. The molecule has 1 aromatic heterocycles. The topological polar surface area (TPSA) is 89.2 Å². The number of hydrogen-bond acceptors (Lipinski definition) is 5. The van der Waals surface area contributed by atoms with Gasteiger partial charge >= 0.3 is 11.4 Å². The van der Waals surface area contributed by atoms with Crippen molar-refractivity contribution < 1.29 is 5.11 Å². The zero-order valence-electron chi connectivity index (χ0n) is 15.2. The van der Waals surface area contributed by atoms with E-state index in [1.807, 2.05) is 12.1 Å². The van der Waals surface area contributed by atoms with Crippen LogP contribution in [0.5, 0.6) is 0 Å². The fourth-order valence-electron chi connectivity index (χ4n) is 3.45. The maximum Gasteiger partial charge on any atom is 0.355 e. The number of halogens is 1. The standard InChI is InChI=1S/C19H25ClN4O3/c20-15-9-7-14(8-10-15)13-24-17(21-16-5-3-1-2-4-6-16)22-18(26)23(11-12-25)19(24)27/h7-10,16,25H,1-6,11-13H2,(H,21,22,26). The highest BCUT2D eigenvalue weighted by atomic mass is 35.5. The Morgan fingerprint density at radius 1 is 1.07 bits per heavy atom. The van der Waals surface area contributed by atoms with Crippen LogP contribution in [0.25, 0.3) is 0 Å². The number of nitrogens with zero attached hydrogens (tertiary/aromatic N) is 3. The smallest absolute Gasteiger partial charge is 0.355 e. The Hall–Kier alpha value is -2.12. The summed E-state index contributed by atoms with van der Waals surface area (Å²) in [6, 6.07) is 7.40. The Labute approximate surface area is 162 Å². The van der Waals surface area contributed by atoms with Crippen LogP contribution in [0.15, 0.2) is 33.9 Å². The van der Waals surface area contributed by atoms with Crippen molar-refractivity contribution in [3.05, 3.63) is 55.8 Å². The highest BCUT2D eigenvalue weighted by Gasteiger charge is 2.18. The molecule has 1 aliphatic rings. The molecule has 2 aromatic rings. The number of aromatic nitrogens is 3. The fraction of sp³-hybridized carbons (Fsp3) is 0.526. The molecule has 0 bridgehead atoms. The quantitative estimate of drug-likeness (QED) is 0.736. The van der Waals surface area contributed by atoms with Gasteiger partial charge in [-0.3, -0.25) is 4.57 Å². The van der Waals surface area contributed by atoms with Gasteiger partial charge in [0.15, 0.2) is 0 Å². The van der Waals surface area contributed by atoms with Gasteiger partial charge in [0.05, 0.1) is 19.7 Å². The molecule has 0 saturated heterocycles. The number of aliphatic hydroxyl groups is 1. The molecule has 8 heteroatoms. The predicted molar refractivity (Wildman–Crippen MR) is 106 cm³/mol. The van der Waals surface area contributed by atoms with Crippen LogP contribution < -0.4 is 16.7 Å². The molecule has 1 fully saturated rings. The van der Waals surface area contributed by atoms with Crippen LogP contribution in [-0.4, -0.2) is 31.9 Å². The van der Waals surface area contributed by atoms with E-state index in [2.05, 4.69) is 10.3 Å². The number of anilines is 1. The van der Waals surface area contributed by atoms with E-state index in [4.69, 9.17) is 11.6 Å². The van der Waals surface area contributed by atoms with Gasteiger partial charge in [0.1, 0.15) is 0 Å². The van der Waals surface area contributed by atoms with Crippen molar-refractivity contribution in [1.29, 1.82) is 0 Å². The first-order valence-electron chi connectivity index (χ1n) is 9.42. The van der Waals surface area contributed by atoms with Crippen molar-refractivity contribution in [2.24, 2.45) is 0 Å². The molecule has 0 aliphatic heterocycles. The Bertz CT molecular complexity index is 868. The van der Waals surface area contributed by atoms with Gasteiger partial charge in [-0.15, -0.1) is 0 Å². The van der Waals surface area contributed by atoms with Crippen LogP contribution in [0.2, 0.25) is 5.02 Å². The van der Waals surface area contributed by atoms with Gasteiger partial charge in [0, 0.05) is 11.1 Å². The number of rotatable bonds is 6. The van der Waals surface area contributed by atoms with Crippen molar-refractivity contribution in [1.82, 2.24) is 14.1 Å². The van der Waals surface area contributed by atoms with E-state index in [1.54, 1.807) is 12.1 Å². The SMILES string of the molecule is O=c1nc(NC2CCCCCC2)n(Cc2ccc(Cl)cc2)c(=O)n1CCO. The number of nitrogens with one attached hydrogen (secondary N) is 1. The third-order valence-corrected chi connectivity index (χ3v) is 5.17. The van der Waals surface area contributed by atoms with Crippen LogP contribution in [-0.2, 0) is 13.1 Å². The number of aliphatic hydroxyl groups excluding tert-OH is 1. The summed E-state index contributed by atoms with van der Waals surface area (Å²) in [5.74, 6) is 0.293. The highest BCUT2D eigenvalue weighted by molar-refractivity contribution is 6.30. The normalized spacial score (nSPS) is 15.5. The second-order valence-corrected chi connectivity index (χ2v) is 7.36. The van der Waals surface area contributed by atoms with E-state index in [1.165, 1.54) is 17.4 Å². The Morgan fingerprint density at radius 3 is 2.37 bits per heavy atom. The summed E-state index contributed by atoms with van der Waals surface area (Å²) >= 11 is 5.94. The Balaban J connectivity index is 1.97. The van der Waals surface area contributed by atoms with E-state index in [0.717, 1.165) is 35.8 Å². The predicted octanol–water partition coefficient (Wildman–Crippen LogP) is 2.23. The lowest BCUT2D eigenvalue weighted by Gasteiger charge is -2.20. The van der Waals surface area contributed by atoms with E-state index in [-0.39, 0.29) is 25.7 Å². The van der Waals surface area contributed by atoms with Gasteiger partial charge in [-0.25, -0.2) is 14.2 Å². The third-order valence-electron chi connectivity index (χ3n) is 4.92. The highest BCUT2D eigenvalue weighted by Crippen LogP contribution is 2.20. The molecule has 7 nitrogen and oxygen atoms in total. The van der Waals surface area contributed by atoms with Crippen molar-refractivity contribution in [2.75, 3.05) is 11.9 Å². The van der Waals surface area contributed by atoms with E-state index >= 15 is 0 Å². The molecule has 0 atom stereocenters. The molecule has 0 radical (unpaired) electrons. The average molecular weight is 393 g/mol. The van der Waals surface area contributed by atoms with E-state index in [9.17, 15) is 14.7 Å². The maximum absolute atomic E-state index is 12.9. The minimum Gasteiger partial charge on any atom is -0.395 e. The minimum atomic E-state index is -0.641. The minimum absolute atomic E-state index is 0.0744. The first-order chi connectivity index (χ1) is 13.1. The Morgan fingerprint density at radius 2 is 1.74 bits per heavy atom. The third kappa shape index (κ3) is 4.99.